The second-order valence-electron chi connectivity index (χ2n) is 9.87. The van der Waals surface area contributed by atoms with Gasteiger partial charge in [-0.05, 0) is 67.2 Å². The molecule has 2 heterocycles. The predicted molar refractivity (Wildman–Crippen MR) is 147 cm³/mol. The number of ether oxygens (including phenoxy) is 3. The van der Waals surface area contributed by atoms with Crippen LogP contribution in [0, 0.1) is 11.8 Å². The molecule has 1 saturated carbocycles. The lowest BCUT2D eigenvalue weighted by molar-refractivity contribution is -0.150. The van der Waals surface area contributed by atoms with E-state index in [2.05, 4.69) is 15.3 Å². The summed E-state index contributed by atoms with van der Waals surface area (Å²) in [5.74, 6) is 1.64. The summed E-state index contributed by atoms with van der Waals surface area (Å²) in [7, 11) is -2.36. The molecule has 1 aromatic heterocycles. The molecule has 1 aliphatic heterocycles. The van der Waals surface area contributed by atoms with Gasteiger partial charge in [-0.3, -0.25) is 4.79 Å². The van der Waals surface area contributed by atoms with Gasteiger partial charge in [-0.25, -0.2) is 13.4 Å². The highest BCUT2D eigenvalue weighted by Crippen LogP contribution is 2.42. The van der Waals surface area contributed by atoms with Crippen molar-refractivity contribution < 1.29 is 32.5 Å². The topological polar surface area (TPSA) is 143 Å². The van der Waals surface area contributed by atoms with Crippen LogP contribution in [0.2, 0.25) is 0 Å². The van der Waals surface area contributed by atoms with Crippen molar-refractivity contribution in [3.8, 4) is 5.75 Å². The molecule has 3 aromatic rings. The van der Waals surface area contributed by atoms with E-state index in [0.29, 0.717) is 23.9 Å². The number of fused-ring (bicyclic) bond motifs is 1. The Morgan fingerprint density at radius 1 is 1.18 bits per heavy atom. The van der Waals surface area contributed by atoms with Crippen LogP contribution >= 0.6 is 0 Å². The van der Waals surface area contributed by atoms with E-state index in [0.717, 1.165) is 23.9 Å². The van der Waals surface area contributed by atoms with Crippen LogP contribution in [0.25, 0.3) is 11.0 Å². The van der Waals surface area contributed by atoms with Crippen molar-refractivity contribution in [1.82, 2.24) is 19.6 Å². The molecule has 1 amide bonds. The third-order valence-corrected chi connectivity index (χ3v) is 9.00. The summed E-state index contributed by atoms with van der Waals surface area (Å²) in [5, 5.41) is 12.4. The lowest BCUT2D eigenvalue weighted by atomic mass is 9.96. The molecule has 40 heavy (non-hydrogen) atoms. The van der Waals surface area contributed by atoms with Crippen LogP contribution in [0.3, 0.4) is 0 Å². The molecular formula is C28H34N4O7S. The van der Waals surface area contributed by atoms with Gasteiger partial charge in [0.1, 0.15) is 11.6 Å². The number of benzene rings is 2. The molecule has 1 aliphatic carbocycles. The van der Waals surface area contributed by atoms with E-state index in [1.807, 2.05) is 30.3 Å². The first-order valence-electron chi connectivity index (χ1n) is 13.3. The minimum atomic E-state index is -3.86. The van der Waals surface area contributed by atoms with Crippen LogP contribution in [0.5, 0.6) is 5.75 Å². The van der Waals surface area contributed by atoms with Gasteiger partial charge in [0.05, 0.1) is 42.8 Å². The van der Waals surface area contributed by atoms with Gasteiger partial charge in [0.25, 0.3) is 5.91 Å². The molecular weight excluding hydrogens is 536 g/mol. The molecule has 214 valence electrons. The van der Waals surface area contributed by atoms with E-state index in [1.165, 1.54) is 23.5 Å². The fraction of sp³-hybridized carbons (Fsp3) is 0.429. The Balaban J connectivity index is 1.19. The summed E-state index contributed by atoms with van der Waals surface area (Å²) in [6, 6.07) is 13.7. The molecule has 12 heteroatoms. The molecule has 0 saturated heterocycles. The molecule has 0 unspecified atom stereocenters. The first-order chi connectivity index (χ1) is 19.4. The number of rotatable bonds is 13. The number of carbonyl (C=O) groups is 1. The first-order valence-corrected chi connectivity index (χ1v) is 14.8. The Kier molecular flexibility index (Phi) is 8.69. The van der Waals surface area contributed by atoms with Crippen molar-refractivity contribution in [1.29, 1.82) is 0 Å². The van der Waals surface area contributed by atoms with Crippen LogP contribution in [-0.2, 0) is 30.8 Å². The zero-order valence-corrected chi connectivity index (χ0v) is 23.1. The van der Waals surface area contributed by atoms with Gasteiger partial charge in [0, 0.05) is 19.5 Å². The summed E-state index contributed by atoms with van der Waals surface area (Å²) in [6.45, 7) is -0.153. The van der Waals surface area contributed by atoms with E-state index in [1.54, 1.807) is 12.1 Å². The van der Waals surface area contributed by atoms with E-state index >= 15 is 0 Å². The summed E-state index contributed by atoms with van der Waals surface area (Å²) >= 11 is 0. The number of hydrogen-bond donors (Lipinski definition) is 3. The molecule has 3 N–H and O–H groups in total. The maximum atomic E-state index is 13.2. The molecule has 5 rings (SSSR count). The standard InChI is InChI=1S/C28H34N4O7S/c1-37-21-8-10-22(11-9-21)40(35,36)32(12-14-33)13-15-38-27-17-20(19-6-7-19)16-25(39-27)28(34)29-18-26-30-23-4-2-3-5-24(23)31-26/h2-5,8-11,16,19-20,27,33H,6-7,12-15,17-18H2,1H3,(H,29,34)(H,30,31)/t20-,27+/m1/s1. The zero-order chi connectivity index (χ0) is 28.1. The second-order valence-corrected chi connectivity index (χ2v) is 11.8. The number of hydrogen-bond acceptors (Lipinski definition) is 8. The maximum Gasteiger partial charge on any atom is 0.286 e. The third kappa shape index (κ3) is 6.64. The number of aromatic amines is 1. The summed E-state index contributed by atoms with van der Waals surface area (Å²) in [4.78, 5) is 20.8. The number of aliphatic hydroxyl groups is 1. The number of para-hydroxylation sites is 2. The van der Waals surface area contributed by atoms with E-state index in [9.17, 15) is 18.3 Å². The molecule has 0 bridgehead atoms. The monoisotopic (exact) mass is 570 g/mol. The van der Waals surface area contributed by atoms with Crippen LogP contribution in [0.1, 0.15) is 25.1 Å². The Morgan fingerprint density at radius 2 is 1.95 bits per heavy atom. The van der Waals surface area contributed by atoms with E-state index < -0.39 is 16.3 Å². The van der Waals surface area contributed by atoms with Crippen molar-refractivity contribution in [3.63, 3.8) is 0 Å². The molecule has 0 radical (unpaired) electrons. The van der Waals surface area contributed by atoms with Crippen molar-refractivity contribution in [2.24, 2.45) is 11.8 Å². The highest BCUT2D eigenvalue weighted by atomic mass is 32.2. The third-order valence-electron chi connectivity index (χ3n) is 7.09. The zero-order valence-electron chi connectivity index (χ0n) is 22.3. The van der Waals surface area contributed by atoms with Gasteiger partial charge >= 0.3 is 0 Å². The average Bonchev–Trinajstić information content (AvgIpc) is 3.74. The minimum absolute atomic E-state index is 0.0141. The van der Waals surface area contributed by atoms with Crippen LogP contribution in [0.4, 0.5) is 0 Å². The number of aromatic nitrogens is 2. The highest BCUT2D eigenvalue weighted by Gasteiger charge is 2.37. The fourth-order valence-electron chi connectivity index (χ4n) is 4.78. The number of allylic oxidation sites excluding steroid dienone is 1. The number of H-pyrrole nitrogens is 1. The molecule has 0 spiro atoms. The van der Waals surface area contributed by atoms with Gasteiger partial charge < -0.3 is 29.6 Å². The average molecular weight is 571 g/mol. The summed E-state index contributed by atoms with van der Waals surface area (Å²) < 4.78 is 44.5. The molecule has 2 aromatic carbocycles. The highest BCUT2D eigenvalue weighted by molar-refractivity contribution is 7.89. The summed E-state index contributed by atoms with van der Waals surface area (Å²) in [5.41, 5.74) is 1.72. The Labute approximate surface area is 233 Å². The number of aliphatic hydroxyl groups excluding tert-OH is 1. The number of amides is 1. The normalized spacial score (nSPS) is 19.3. The first kappa shape index (κ1) is 28.1. The lowest BCUT2D eigenvalue weighted by Gasteiger charge is -2.30. The Hall–Kier alpha value is -3.45. The number of carbonyl (C=O) groups excluding carboxylic acids is 1. The van der Waals surface area contributed by atoms with E-state index in [4.69, 9.17) is 14.2 Å². The minimum Gasteiger partial charge on any atom is -0.497 e. The van der Waals surface area contributed by atoms with Gasteiger partial charge in [0.2, 0.25) is 16.3 Å². The van der Waals surface area contributed by atoms with Gasteiger partial charge in [0.15, 0.2) is 5.76 Å². The number of nitrogens with one attached hydrogen (secondary N) is 2. The second kappa shape index (κ2) is 12.4. The maximum absolute atomic E-state index is 13.2. The molecule has 11 nitrogen and oxygen atoms in total. The fourth-order valence-corrected chi connectivity index (χ4v) is 6.20. The van der Waals surface area contributed by atoms with Crippen molar-refractivity contribution in [2.75, 3.05) is 33.4 Å². The van der Waals surface area contributed by atoms with Crippen molar-refractivity contribution in [3.05, 3.63) is 66.2 Å². The molecule has 1 fully saturated rings. The summed E-state index contributed by atoms with van der Waals surface area (Å²) in [6.07, 6.45) is 3.94. The SMILES string of the molecule is COc1ccc(S(=O)(=O)N(CCO)CCO[C@@H]2C[C@H](C3CC3)C=C(C(=O)NCc3nc4ccccc4[nH]3)O2)cc1. The van der Waals surface area contributed by atoms with Crippen molar-refractivity contribution >= 4 is 27.0 Å². The van der Waals surface area contributed by atoms with Crippen LogP contribution in [-0.4, -0.2) is 73.4 Å². The Bertz CT molecular complexity index is 1420. The smallest absolute Gasteiger partial charge is 0.286 e. The lowest BCUT2D eigenvalue weighted by Crippen LogP contribution is -2.38. The number of methoxy groups -OCH3 is 1. The molecule has 2 atom stereocenters. The van der Waals surface area contributed by atoms with Gasteiger partial charge in [-0.2, -0.15) is 4.31 Å². The Morgan fingerprint density at radius 3 is 2.65 bits per heavy atom. The number of nitrogens with zero attached hydrogens (tertiary/aromatic N) is 2. The van der Waals surface area contributed by atoms with Gasteiger partial charge in [-0.1, -0.05) is 12.1 Å². The molecule has 2 aliphatic rings. The van der Waals surface area contributed by atoms with Gasteiger partial charge in [-0.15, -0.1) is 0 Å². The van der Waals surface area contributed by atoms with Crippen LogP contribution in [0.15, 0.2) is 65.3 Å². The number of imidazole rings is 1. The predicted octanol–water partition coefficient (Wildman–Crippen LogP) is 2.54. The van der Waals surface area contributed by atoms with Crippen LogP contribution < -0.4 is 10.1 Å². The largest absolute Gasteiger partial charge is 0.497 e. The van der Waals surface area contributed by atoms with Crippen molar-refractivity contribution in [2.45, 2.75) is 37.0 Å². The quantitative estimate of drug-likeness (QED) is 0.285. The van der Waals surface area contributed by atoms with E-state index in [-0.39, 0.29) is 55.3 Å². The number of sulfonamides is 1.